The standard InChI is InChI=1S/C15H17ClO4/c1-2-9-12(15(14(17)18)4-3-5-15)10(16)8-11-13(9)20-7-6-19-11/h8H,2-7H2,1H3,(H,17,18). The van der Waals surface area contributed by atoms with Crippen molar-refractivity contribution in [2.45, 2.75) is 38.0 Å². The summed E-state index contributed by atoms with van der Waals surface area (Å²) in [6.07, 6.45) is 2.86. The molecule has 1 fully saturated rings. The number of hydrogen-bond acceptors (Lipinski definition) is 3. The highest BCUT2D eigenvalue weighted by atomic mass is 35.5. The van der Waals surface area contributed by atoms with Gasteiger partial charge in [0.1, 0.15) is 13.2 Å². The molecule has 4 nitrogen and oxygen atoms in total. The van der Waals surface area contributed by atoms with Crippen molar-refractivity contribution in [1.82, 2.24) is 0 Å². The largest absolute Gasteiger partial charge is 0.486 e. The third-order valence-electron chi connectivity index (χ3n) is 4.33. The van der Waals surface area contributed by atoms with E-state index in [0.29, 0.717) is 49.0 Å². The number of aliphatic carboxylic acids is 1. The van der Waals surface area contributed by atoms with Crippen LogP contribution in [0.3, 0.4) is 0 Å². The first kappa shape index (κ1) is 13.6. The minimum atomic E-state index is -0.849. The van der Waals surface area contributed by atoms with E-state index in [1.807, 2.05) is 6.92 Å². The van der Waals surface area contributed by atoms with E-state index in [0.717, 1.165) is 17.5 Å². The summed E-state index contributed by atoms with van der Waals surface area (Å²) in [6.45, 7) is 2.97. The second kappa shape index (κ2) is 4.85. The zero-order chi connectivity index (χ0) is 14.3. The molecule has 0 aromatic heterocycles. The van der Waals surface area contributed by atoms with Crippen LogP contribution in [0.1, 0.15) is 37.3 Å². The van der Waals surface area contributed by atoms with Crippen LogP contribution in [0, 0.1) is 0 Å². The van der Waals surface area contributed by atoms with Crippen molar-refractivity contribution in [3.63, 3.8) is 0 Å². The molecule has 1 aromatic carbocycles. The monoisotopic (exact) mass is 296 g/mol. The molecule has 0 radical (unpaired) electrons. The van der Waals surface area contributed by atoms with Crippen LogP contribution in [0.5, 0.6) is 11.5 Å². The molecule has 1 N–H and O–H groups in total. The Morgan fingerprint density at radius 2 is 2.10 bits per heavy atom. The quantitative estimate of drug-likeness (QED) is 0.931. The second-order valence-corrected chi connectivity index (χ2v) is 5.74. The van der Waals surface area contributed by atoms with Gasteiger partial charge >= 0.3 is 5.97 Å². The van der Waals surface area contributed by atoms with Gasteiger partial charge in [0.25, 0.3) is 0 Å². The van der Waals surface area contributed by atoms with Gasteiger partial charge < -0.3 is 14.6 Å². The average Bonchev–Trinajstić information content (AvgIpc) is 2.37. The Hall–Kier alpha value is -1.42. The van der Waals surface area contributed by atoms with Crippen LogP contribution in [0.15, 0.2) is 6.07 Å². The number of rotatable bonds is 3. The minimum Gasteiger partial charge on any atom is -0.486 e. The minimum absolute atomic E-state index is 0.480. The molecule has 1 aromatic rings. The van der Waals surface area contributed by atoms with Crippen LogP contribution in [-0.2, 0) is 16.6 Å². The van der Waals surface area contributed by atoms with Gasteiger partial charge in [0.2, 0.25) is 0 Å². The van der Waals surface area contributed by atoms with Gasteiger partial charge in [0, 0.05) is 16.7 Å². The molecule has 5 heteroatoms. The van der Waals surface area contributed by atoms with E-state index in [1.165, 1.54) is 0 Å². The maximum Gasteiger partial charge on any atom is 0.314 e. The van der Waals surface area contributed by atoms with E-state index in [1.54, 1.807) is 6.07 Å². The summed E-state index contributed by atoms with van der Waals surface area (Å²) in [5.74, 6) is 0.504. The predicted molar refractivity (Wildman–Crippen MR) is 75.0 cm³/mol. The molecule has 0 spiro atoms. The zero-order valence-electron chi connectivity index (χ0n) is 11.4. The number of hydrogen-bond donors (Lipinski definition) is 1. The van der Waals surface area contributed by atoms with Gasteiger partial charge in [-0.3, -0.25) is 4.79 Å². The first-order valence-corrected chi connectivity index (χ1v) is 7.33. The lowest BCUT2D eigenvalue weighted by Gasteiger charge is -2.40. The third-order valence-corrected chi connectivity index (χ3v) is 4.63. The summed E-state index contributed by atoms with van der Waals surface area (Å²) in [4.78, 5) is 11.8. The fourth-order valence-corrected chi connectivity index (χ4v) is 3.57. The van der Waals surface area contributed by atoms with E-state index >= 15 is 0 Å². The van der Waals surface area contributed by atoms with E-state index in [9.17, 15) is 9.90 Å². The molecule has 0 amide bonds. The van der Waals surface area contributed by atoms with Gasteiger partial charge in [-0.25, -0.2) is 0 Å². The van der Waals surface area contributed by atoms with Crippen LogP contribution in [0.2, 0.25) is 5.02 Å². The highest BCUT2D eigenvalue weighted by molar-refractivity contribution is 6.32. The van der Waals surface area contributed by atoms with Gasteiger partial charge in [0.05, 0.1) is 5.41 Å². The Morgan fingerprint density at radius 1 is 1.40 bits per heavy atom. The van der Waals surface area contributed by atoms with Crippen molar-refractivity contribution < 1.29 is 19.4 Å². The van der Waals surface area contributed by atoms with E-state index in [-0.39, 0.29) is 0 Å². The summed E-state index contributed by atoms with van der Waals surface area (Å²) in [5, 5.41) is 10.1. The van der Waals surface area contributed by atoms with Gasteiger partial charge in [-0.1, -0.05) is 24.9 Å². The molecule has 0 saturated heterocycles. The van der Waals surface area contributed by atoms with Crippen molar-refractivity contribution in [2.75, 3.05) is 13.2 Å². The van der Waals surface area contributed by atoms with Crippen LogP contribution < -0.4 is 9.47 Å². The smallest absolute Gasteiger partial charge is 0.314 e. The van der Waals surface area contributed by atoms with Gasteiger partial charge in [-0.05, 0) is 24.8 Å². The summed E-state index contributed by atoms with van der Waals surface area (Å²) >= 11 is 6.39. The lowest BCUT2D eigenvalue weighted by atomic mass is 9.63. The van der Waals surface area contributed by atoms with E-state index in [2.05, 4.69) is 0 Å². The summed E-state index contributed by atoms with van der Waals surface area (Å²) in [6, 6.07) is 1.70. The number of carboxylic acid groups (broad SMARTS) is 1. The third kappa shape index (κ3) is 1.78. The lowest BCUT2D eigenvalue weighted by molar-refractivity contribution is -0.147. The summed E-state index contributed by atoms with van der Waals surface area (Å²) < 4.78 is 11.3. The molecule has 108 valence electrons. The fourth-order valence-electron chi connectivity index (χ4n) is 3.18. The molecule has 1 aliphatic heterocycles. The Kier molecular flexibility index (Phi) is 3.28. The van der Waals surface area contributed by atoms with Crippen molar-refractivity contribution >= 4 is 17.6 Å². The number of ether oxygens (including phenoxy) is 2. The first-order valence-electron chi connectivity index (χ1n) is 6.95. The molecular weight excluding hydrogens is 280 g/mol. The number of fused-ring (bicyclic) bond motifs is 1. The highest BCUT2D eigenvalue weighted by Crippen LogP contribution is 2.52. The predicted octanol–water partition coefficient (Wildman–Crippen LogP) is 3.18. The number of carbonyl (C=O) groups is 1. The molecule has 20 heavy (non-hydrogen) atoms. The molecular formula is C15H17ClO4. The lowest BCUT2D eigenvalue weighted by Crippen LogP contribution is -2.43. The van der Waals surface area contributed by atoms with E-state index < -0.39 is 11.4 Å². The molecule has 0 unspecified atom stereocenters. The Bertz CT molecular complexity index is 563. The summed E-state index contributed by atoms with van der Waals surface area (Å²) in [7, 11) is 0. The molecule has 1 saturated carbocycles. The Balaban J connectivity index is 2.22. The van der Waals surface area contributed by atoms with Gasteiger partial charge in [0.15, 0.2) is 11.5 Å². The van der Waals surface area contributed by atoms with Crippen molar-refractivity contribution in [3.8, 4) is 11.5 Å². The van der Waals surface area contributed by atoms with E-state index in [4.69, 9.17) is 21.1 Å². The first-order chi connectivity index (χ1) is 9.60. The molecule has 1 heterocycles. The van der Waals surface area contributed by atoms with Gasteiger partial charge in [-0.15, -0.1) is 0 Å². The number of carboxylic acids is 1. The van der Waals surface area contributed by atoms with Crippen molar-refractivity contribution in [3.05, 3.63) is 22.2 Å². The normalized spacial score (nSPS) is 19.3. The van der Waals surface area contributed by atoms with Gasteiger partial charge in [-0.2, -0.15) is 0 Å². The number of halogens is 1. The van der Waals surface area contributed by atoms with Crippen LogP contribution in [0.25, 0.3) is 0 Å². The maximum absolute atomic E-state index is 11.8. The van der Waals surface area contributed by atoms with Crippen LogP contribution >= 0.6 is 11.6 Å². The van der Waals surface area contributed by atoms with Crippen LogP contribution in [-0.4, -0.2) is 24.3 Å². The zero-order valence-corrected chi connectivity index (χ0v) is 12.1. The SMILES string of the molecule is CCc1c2c(cc(Cl)c1C1(C(=O)O)CCC1)OCCO2. The topological polar surface area (TPSA) is 55.8 Å². The summed E-state index contributed by atoms with van der Waals surface area (Å²) in [5.41, 5.74) is 0.761. The average molecular weight is 297 g/mol. The van der Waals surface area contributed by atoms with Crippen LogP contribution in [0.4, 0.5) is 0 Å². The molecule has 0 bridgehead atoms. The number of benzene rings is 1. The Labute approximate surface area is 122 Å². The second-order valence-electron chi connectivity index (χ2n) is 5.33. The van der Waals surface area contributed by atoms with Crippen molar-refractivity contribution in [2.24, 2.45) is 0 Å². The molecule has 2 aliphatic rings. The Morgan fingerprint density at radius 3 is 2.65 bits per heavy atom. The molecule has 3 rings (SSSR count). The fraction of sp³-hybridized carbons (Fsp3) is 0.533. The molecule has 1 aliphatic carbocycles. The van der Waals surface area contributed by atoms with Crippen molar-refractivity contribution in [1.29, 1.82) is 0 Å². The maximum atomic E-state index is 11.8. The highest BCUT2D eigenvalue weighted by Gasteiger charge is 2.49. The molecule has 0 atom stereocenters.